The lowest BCUT2D eigenvalue weighted by atomic mass is 10.1. The molecule has 0 amide bonds. The molecule has 0 atom stereocenters. The van der Waals surface area contributed by atoms with E-state index in [9.17, 15) is 0 Å². The second-order valence-electron chi connectivity index (χ2n) is 3.36. The van der Waals surface area contributed by atoms with Crippen LogP contribution in [0.3, 0.4) is 0 Å². The monoisotopic (exact) mass is 194 g/mol. The van der Waals surface area contributed by atoms with Crippen molar-refractivity contribution < 1.29 is 4.74 Å². The molecular weight excluding hydrogens is 176 g/mol. The van der Waals surface area contributed by atoms with Gasteiger partial charge in [0.15, 0.2) is 0 Å². The van der Waals surface area contributed by atoms with E-state index in [1.807, 2.05) is 6.07 Å². The molecule has 3 nitrogen and oxygen atoms in total. The van der Waals surface area contributed by atoms with E-state index in [0.29, 0.717) is 0 Å². The first-order valence-electron chi connectivity index (χ1n) is 5.23. The molecule has 14 heavy (non-hydrogen) atoms. The van der Waals surface area contributed by atoms with Crippen LogP contribution in [0.25, 0.3) is 0 Å². The summed E-state index contributed by atoms with van der Waals surface area (Å²) >= 11 is 0. The number of unbranched alkanes of at least 4 members (excludes halogenated alkanes) is 3. The Kier molecular flexibility index (Phi) is 4.97. The second kappa shape index (κ2) is 6.35. The molecule has 0 aliphatic heterocycles. The molecule has 0 aliphatic rings. The summed E-state index contributed by atoms with van der Waals surface area (Å²) in [4.78, 5) is 0. The van der Waals surface area contributed by atoms with Gasteiger partial charge in [-0.25, -0.2) is 0 Å². The van der Waals surface area contributed by atoms with E-state index in [-0.39, 0.29) is 0 Å². The van der Waals surface area contributed by atoms with E-state index in [1.165, 1.54) is 25.7 Å². The van der Waals surface area contributed by atoms with Gasteiger partial charge < -0.3 is 4.74 Å². The Morgan fingerprint density at radius 3 is 2.86 bits per heavy atom. The fourth-order valence-electron chi connectivity index (χ4n) is 1.43. The summed E-state index contributed by atoms with van der Waals surface area (Å²) in [6, 6.07) is 1.86. The zero-order valence-corrected chi connectivity index (χ0v) is 8.99. The van der Waals surface area contributed by atoms with Crippen molar-refractivity contribution in [3.8, 4) is 5.75 Å². The van der Waals surface area contributed by atoms with Crippen LogP contribution in [0, 0.1) is 0 Å². The van der Waals surface area contributed by atoms with E-state index in [0.717, 1.165) is 17.9 Å². The van der Waals surface area contributed by atoms with Crippen LogP contribution in [0.1, 0.15) is 38.3 Å². The molecule has 0 fully saturated rings. The van der Waals surface area contributed by atoms with E-state index in [4.69, 9.17) is 4.74 Å². The zero-order valence-electron chi connectivity index (χ0n) is 8.99. The lowest BCUT2D eigenvalue weighted by molar-refractivity contribution is 0.403. The van der Waals surface area contributed by atoms with E-state index in [2.05, 4.69) is 17.1 Å². The molecule has 78 valence electrons. The highest BCUT2D eigenvalue weighted by Crippen LogP contribution is 2.16. The van der Waals surface area contributed by atoms with Gasteiger partial charge in [0.05, 0.1) is 13.3 Å². The van der Waals surface area contributed by atoms with Gasteiger partial charge in [-0.1, -0.05) is 26.2 Å². The highest BCUT2D eigenvalue weighted by molar-refractivity contribution is 5.24. The Morgan fingerprint density at radius 2 is 2.14 bits per heavy atom. The molecule has 0 unspecified atom stereocenters. The molecule has 0 aromatic carbocycles. The van der Waals surface area contributed by atoms with Crippen LogP contribution < -0.4 is 4.74 Å². The molecule has 1 aromatic heterocycles. The lowest BCUT2D eigenvalue weighted by Gasteiger charge is -2.05. The number of nitrogens with zero attached hydrogens (tertiary/aromatic N) is 2. The molecule has 0 radical (unpaired) electrons. The molecule has 0 bridgehead atoms. The summed E-state index contributed by atoms with van der Waals surface area (Å²) in [6.07, 6.45) is 7.62. The SMILES string of the molecule is CCCCCCc1nnccc1OC. The number of aromatic nitrogens is 2. The second-order valence-corrected chi connectivity index (χ2v) is 3.36. The predicted molar refractivity (Wildman–Crippen MR) is 56.4 cm³/mol. The van der Waals surface area contributed by atoms with E-state index < -0.39 is 0 Å². The van der Waals surface area contributed by atoms with Crippen molar-refractivity contribution in [2.75, 3.05) is 7.11 Å². The quantitative estimate of drug-likeness (QED) is 0.653. The van der Waals surface area contributed by atoms with Gasteiger partial charge in [0.2, 0.25) is 0 Å². The summed E-state index contributed by atoms with van der Waals surface area (Å²) in [5.41, 5.74) is 0.978. The smallest absolute Gasteiger partial charge is 0.143 e. The number of methoxy groups -OCH3 is 1. The maximum absolute atomic E-state index is 5.20. The van der Waals surface area contributed by atoms with Crippen LogP contribution >= 0.6 is 0 Å². The van der Waals surface area contributed by atoms with Gasteiger partial charge in [0.1, 0.15) is 11.4 Å². The number of hydrogen-bond donors (Lipinski definition) is 0. The lowest BCUT2D eigenvalue weighted by Crippen LogP contribution is -1.97. The molecule has 0 spiro atoms. The van der Waals surface area contributed by atoms with Crippen molar-refractivity contribution >= 4 is 0 Å². The van der Waals surface area contributed by atoms with Gasteiger partial charge >= 0.3 is 0 Å². The first-order valence-corrected chi connectivity index (χ1v) is 5.23. The maximum atomic E-state index is 5.20. The molecule has 0 N–H and O–H groups in total. The Labute approximate surface area is 85.5 Å². The highest BCUT2D eigenvalue weighted by atomic mass is 16.5. The Morgan fingerprint density at radius 1 is 1.29 bits per heavy atom. The Hall–Kier alpha value is -1.12. The van der Waals surface area contributed by atoms with Gasteiger partial charge in [0, 0.05) is 6.07 Å². The van der Waals surface area contributed by atoms with Crippen LogP contribution in [0.5, 0.6) is 5.75 Å². The predicted octanol–water partition coefficient (Wildman–Crippen LogP) is 2.61. The van der Waals surface area contributed by atoms with Crippen LogP contribution in [0.15, 0.2) is 12.3 Å². The zero-order chi connectivity index (χ0) is 10.2. The third-order valence-corrected chi connectivity index (χ3v) is 2.24. The molecule has 1 rings (SSSR count). The normalized spacial score (nSPS) is 10.1. The van der Waals surface area contributed by atoms with E-state index in [1.54, 1.807) is 13.3 Å². The van der Waals surface area contributed by atoms with Crippen LogP contribution in [-0.4, -0.2) is 17.3 Å². The molecular formula is C11H18N2O. The third-order valence-electron chi connectivity index (χ3n) is 2.24. The summed E-state index contributed by atoms with van der Waals surface area (Å²) in [5, 5.41) is 7.93. The van der Waals surface area contributed by atoms with Gasteiger partial charge in [-0.15, -0.1) is 0 Å². The molecule has 1 heterocycles. The fourth-order valence-corrected chi connectivity index (χ4v) is 1.43. The van der Waals surface area contributed by atoms with Crippen molar-refractivity contribution in [2.24, 2.45) is 0 Å². The van der Waals surface area contributed by atoms with Gasteiger partial charge in [0.25, 0.3) is 0 Å². The first-order chi connectivity index (χ1) is 6.88. The standard InChI is InChI=1S/C11H18N2O/c1-3-4-5-6-7-10-11(14-2)8-9-12-13-10/h8-9H,3-7H2,1-2H3. The number of ether oxygens (including phenoxy) is 1. The van der Waals surface area contributed by atoms with Crippen molar-refractivity contribution in [2.45, 2.75) is 39.0 Å². The molecule has 1 aromatic rings. The average Bonchev–Trinajstić information content (AvgIpc) is 2.25. The largest absolute Gasteiger partial charge is 0.495 e. The van der Waals surface area contributed by atoms with Crippen LogP contribution in [0.4, 0.5) is 0 Å². The molecule has 0 aliphatic carbocycles. The summed E-state index contributed by atoms with van der Waals surface area (Å²) in [7, 11) is 1.67. The summed E-state index contributed by atoms with van der Waals surface area (Å²) in [6.45, 7) is 2.21. The minimum atomic E-state index is 0.858. The summed E-state index contributed by atoms with van der Waals surface area (Å²) in [5.74, 6) is 0.858. The number of rotatable bonds is 6. The third kappa shape index (κ3) is 3.32. The number of hydrogen-bond acceptors (Lipinski definition) is 3. The topological polar surface area (TPSA) is 35.0 Å². The molecule has 0 saturated heterocycles. The van der Waals surface area contributed by atoms with Crippen LogP contribution in [0.2, 0.25) is 0 Å². The van der Waals surface area contributed by atoms with Crippen LogP contribution in [-0.2, 0) is 6.42 Å². The highest BCUT2D eigenvalue weighted by Gasteiger charge is 2.03. The molecule has 0 saturated carbocycles. The number of aryl methyl sites for hydroxylation is 1. The Bertz CT molecular complexity index is 263. The van der Waals surface area contributed by atoms with E-state index >= 15 is 0 Å². The summed E-state index contributed by atoms with van der Waals surface area (Å²) < 4.78 is 5.20. The van der Waals surface area contributed by atoms with Crippen molar-refractivity contribution in [3.63, 3.8) is 0 Å². The fraction of sp³-hybridized carbons (Fsp3) is 0.636. The minimum Gasteiger partial charge on any atom is -0.495 e. The molecule has 3 heteroatoms. The van der Waals surface area contributed by atoms with Crippen molar-refractivity contribution in [1.82, 2.24) is 10.2 Å². The van der Waals surface area contributed by atoms with Gasteiger partial charge in [-0.3, -0.25) is 0 Å². The Balaban J connectivity index is 2.41. The van der Waals surface area contributed by atoms with Gasteiger partial charge in [-0.05, 0) is 12.8 Å². The van der Waals surface area contributed by atoms with Gasteiger partial charge in [-0.2, -0.15) is 10.2 Å². The minimum absolute atomic E-state index is 0.858. The maximum Gasteiger partial charge on any atom is 0.143 e. The van der Waals surface area contributed by atoms with Crippen molar-refractivity contribution in [3.05, 3.63) is 18.0 Å². The van der Waals surface area contributed by atoms with Crippen molar-refractivity contribution in [1.29, 1.82) is 0 Å². The average molecular weight is 194 g/mol. The first kappa shape index (κ1) is 11.0.